The lowest BCUT2D eigenvalue weighted by molar-refractivity contribution is 0.210. The summed E-state index contributed by atoms with van der Waals surface area (Å²) in [5, 5.41) is 14.9. The molecule has 0 radical (unpaired) electrons. The number of aliphatic hydroxyl groups excluding tert-OH is 1. The number of halogens is 2. The number of pyridine rings is 1. The van der Waals surface area contributed by atoms with Crippen molar-refractivity contribution in [3.8, 4) is 0 Å². The van der Waals surface area contributed by atoms with Gasteiger partial charge in [-0.3, -0.25) is 9.67 Å². The molecule has 0 fully saturated rings. The molecule has 2 aromatic heterocycles. The zero-order valence-electron chi connectivity index (χ0n) is 8.43. The number of aryl methyl sites for hydroxylation is 1. The van der Waals surface area contributed by atoms with E-state index in [0.717, 1.165) is 0 Å². The van der Waals surface area contributed by atoms with Crippen LogP contribution < -0.4 is 0 Å². The van der Waals surface area contributed by atoms with Crippen molar-refractivity contribution >= 4 is 23.2 Å². The highest BCUT2D eigenvalue weighted by Gasteiger charge is 2.20. The van der Waals surface area contributed by atoms with Gasteiger partial charge in [-0.2, -0.15) is 5.10 Å². The van der Waals surface area contributed by atoms with Crippen LogP contribution in [0.1, 0.15) is 17.4 Å². The van der Waals surface area contributed by atoms with E-state index in [1.807, 2.05) is 0 Å². The van der Waals surface area contributed by atoms with Gasteiger partial charge in [-0.05, 0) is 6.07 Å². The molecule has 1 atom stereocenters. The number of aromatic nitrogens is 3. The van der Waals surface area contributed by atoms with Crippen molar-refractivity contribution in [2.75, 3.05) is 0 Å². The molecule has 1 unspecified atom stereocenters. The summed E-state index contributed by atoms with van der Waals surface area (Å²) in [5.41, 5.74) is 1.07. The van der Waals surface area contributed by atoms with Crippen molar-refractivity contribution in [2.24, 2.45) is 7.05 Å². The monoisotopic (exact) mass is 257 g/mol. The fourth-order valence-electron chi connectivity index (χ4n) is 1.48. The Balaban J connectivity index is 2.47. The fraction of sp³-hybridized carbons (Fsp3) is 0.200. The first-order valence-corrected chi connectivity index (χ1v) is 5.31. The molecule has 0 aliphatic rings. The highest BCUT2D eigenvalue weighted by atomic mass is 35.5. The van der Waals surface area contributed by atoms with Crippen LogP contribution in [0.2, 0.25) is 10.0 Å². The molecule has 0 spiro atoms. The largest absolute Gasteiger partial charge is 0.382 e. The quantitative estimate of drug-likeness (QED) is 0.898. The molecule has 0 aliphatic carbocycles. The van der Waals surface area contributed by atoms with E-state index in [1.54, 1.807) is 19.3 Å². The van der Waals surface area contributed by atoms with Crippen LogP contribution in [0.25, 0.3) is 0 Å². The van der Waals surface area contributed by atoms with E-state index in [1.165, 1.54) is 17.1 Å². The van der Waals surface area contributed by atoms with E-state index in [-0.39, 0.29) is 0 Å². The molecule has 6 heteroatoms. The molecule has 2 rings (SSSR count). The standard InChI is InChI=1S/C10H9Cl2N3O/c1-15-9(8(12)5-14-15)10(16)6-2-3-13-4-7(6)11/h2-5,10,16H,1H3. The van der Waals surface area contributed by atoms with E-state index in [2.05, 4.69) is 10.1 Å². The highest BCUT2D eigenvalue weighted by molar-refractivity contribution is 6.32. The predicted molar refractivity (Wildman–Crippen MR) is 61.5 cm³/mol. The second kappa shape index (κ2) is 4.41. The smallest absolute Gasteiger partial charge is 0.124 e. The van der Waals surface area contributed by atoms with Crippen LogP contribution in [-0.2, 0) is 7.05 Å². The predicted octanol–water partition coefficient (Wildman–Crippen LogP) is 2.20. The number of hydrogen-bond donors (Lipinski definition) is 1. The molecule has 0 bridgehead atoms. The van der Waals surface area contributed by atoms with E-state index in [4.69, 9.17) is 23.2 Å². The van der Waals surface area contributed by atoms with E-state index in [9.17, 15) is 5.11 Å². The summed E-state index contributed by atoms with van der Waals surface area (Å²) in [6.07, 6.45) is 3.62. The second-order valence-corrected chi connectivity index (χ2v) is 4.12. The Morgan fingerprint density at radius 2 is 2.06 bits per heavy atom. The van der Waals surface area contributed by atoms with Crippen LogP contribution in [0.5, 0.6) is 0 Å². The fourth-order valence-corrected chi connectivity index (χ4v) is 1.97. The Kier molecular flexibility index (Phi) is 3.14. The molecule has 0 amide bonds. The molecule has 0 aliphatic heterocycles. The molecule has 0 saturated heterocycles. The molecule has 16 heavy (non-hydrogen) atoms. The maximum Gasteiger partial charge on any atom is 0.124 e. The molecule has 4 nitrogen and oxygen atoms in total. The van der Waals surface area contributed by atoms with Gasteiger partial charge in [-0.1, -0.05) is 23.2 Å². The van der Waals surface area contributed by atoms with Crippen LogP contribution in [-0.4, -0.2) is 19.9 Å². The van der Waals surface area contributed by atoms with Gasteiger partial charge < -0.3 is 5.11 Å². The maximum absolute atomic E-state index is 10.2. The number of aliphatic hydroxyl groups is 1. The summed E-state index contributed by atoms with van der Waals surface area (Å²) in [6.45, 7) is 0. The summed E-state index contributed by atoms with van der Waals surface area (Å²) in [7, 11) is 1.71. The number of rotatable bonds is 2. The first-order chi connectivity index (χ1) is 7.61. The summed E-state index contributed by atoms with van der Waals surface area (Å²) in [5.74, 6) is 0. The van der Waals surface area contributed by atoms with Crippen molar-refractivity contribution in [3.05, 3.63) is 46.0 Å². The molecule has 0 aromatic carbocycles. The van der Waals surface area contributed by atoms with E-state index < -0.39 is 6.10 Å². The van der Waals surface area contributed by atoms with Gasteiger partial charge in [0.05, 0.1) is 21.9 Å². The Morgan fingerprint density at radius 1 is 1.31 bits per heavy atom. The third-order valence-electron chi connectivity index (χ3n) is 2.30. The Labute approximate surface area is 102 Å². The van der Waals surface area contributed by atoms with Crippen LogP contribution in [0.15, 0.2) is 24.7 Å². The van der Waals surface area contributed by atoms with Gasteiger partial charge in [0, 0.05) is 25.0 Å². The zero-order valence-corrected chi connectivity index (χ0v) is 9.94. The van der Waals surface area contributed by atoms with Gasteiger partial charge in [0.2, 0.25) is 0 Å². The van der Waals surface area contributed by atoms with Crippen LogP contribution in [0.3, 0.4) is 0 Å². The van der Waals surface area contributed by atoms with Gasteiger partial charge in [0.15, 0.2) is 0 Å². The Bertz CT molecular complexity index is 493. The van der Waals surface area contributed by atoms with Gasteiger partial charge in [-0.25, -0.2) is 0 Å². The van der Waals surface area contributed by atoms with E-state index in [0.29, 0.717) is 21.3 Å². The summed E-state index contributed by atoms with van der Waals surface area (Å²) in [4.78, 5) is 3.86. The van der Waals surface area contributed by atoms with Gasteiger partial charge >= 0.3 is 0 Å². The average molecular weight is 258 g/mol. The van der Waals surface area contributed by atoms with Crippen molar-refractivity contribution in [2.45, 2.75) is 6.10 Å². The molecular formula is C10H9Cl2N3O. The first-order valence-electron chi connectivity index (χ1n) is 4.56. The van der Waals surface area contributed by atoms with Crippen molar-refractivity contribution in [1.82, 2.24) is 14.8 Å². The van der Waals surface area contributed by atoms with Crippen LogP contribution in [0.4, 0.5) is 0 Å². The normalized spacial score (nSPS) is 12.8. The SMILES string of the molecule is Cn1ncc(Cl)c1C(O)c1ccncc1Cl. The third kappa shape index (κ3) is 1.91. The number of hydrogen-bond acceptors (Lipinski definition) is 3. The molecule has 2 aromatic rings. The molecular weight excluding hydrogens is 249 g/mol. The lowest BCUT2D eigenvalue weighted by atomic mass is 10.1. The van der Waals surface area contributed by atoms with Gasteiger partial charge in [0.1, 0.15) is 6.10 Å². The number of nitrogens with zero attached hydrogens (tertiary/aromatic N) is 3. The van der Waals surface area contributed by atoms with Crippen LogP contribution >= 0.6 is 23.2 Å². The van der Waals surface area contributed by atoms with Gasteiger partial charge in [-0.15, -0.1) is 0 Å². The summed E-state index contributed by atoms with van der Waals surface area (Å²) in [6, 6.07) is 1.65. The lowest BCUT2D eigenvalue weighted by Crippen LogP contribution is -2.07. The average Bonchev–Trinajstić information content (AvgIpc) is 2.58. The van der Waals surface area contributed by atoms with Crippen molar-refractivity contribution < 1.29 is 5.11 Å². The van der Waals surface area contributed by atoms with Crippen molar-refractivity contribution in [1.29, 1.82) is 0 Å². The van der Waals surface area contributed by atoms with Crippen molar-refractivity contribution in [3.63, 3.8) is 0 Å². The molecule has 1 N–H and O–H groups in total. The summed E-state index contributed by atoms with van der Waals surface area (Å²) >= 11 is 11.9. The maximum atomic E-state index is 10.2. The Hall–Kier alpha value is -1.10. The topological polar surface area (TPSA) is 50.9 Å². The molecule has 2 heterocycles. The second-order valence-electron chi connectivity index (χ2n) is 3.30. The minimum atomic E-state index is -0.907. The molecule has 0 saturated carbocycles. The summed E-state index contributed by atoms with van der Waals surface area (Å²) < 4.78 is 1.52. The first kappa shape index (κ1) is 11.4. The lowest BCUT2D eigenvalue weighted by Gasteiger charge is -2.13. The molecule has 84 valence electrons. The highest BCUT2D eigenvalue weighted by Crippen LogP contribution is 2.30. The van der Waals surface area contributed by atoms with Gasteiger partial charge in [0.25, 0.3) is 0 Å². The Morgan fingerprint density at radius 3 is 2.62 bits per heavy atom. The van der Waals surface area contributed by atoms with Crippen LogP contribution in [0, 0.1) is 0 Å². The zero-order chi connectivity index (χ0) is 11.7. The third-order valence-corrected chi connectivity index (χ3v) is 2.90. The van der Waals surface area contributed by atoms with E-state index >= 15 is 0 Å². The minimum absolute atomic E-state index is 0.396. The minimum Gasteiger partial charge on any atom is -0.382 e.